The molecule has 0 aliphatic rings. The van der Waals surface area contributed by atoms with E-state index in [-0.39, 0.29) is 0 Å². The molecule has 100 valence electrons. The largest absolute Gasteiger partial charge is 0.313 e. The molecule has 1 N–H and O–H groups in total. The van der Waals surface area contributed by atoms with Crippen LogP contribution in [0.3, 0.4) is 0 Å². The predicted molar refractivity (Wildman–Crippen MR) is 82.3 cm³/mol. The molecule has 19 heavy (non-hydrogen) atoms. The normalized spacial score (nSPS) is 14.1. The van der Waals surface area contributed by atoms with E-state index in [1.54, 1.807) is 0 Å². The molecule has 0 aromatic heterocycles. The molecule has 0 aliphatic heterocycles. The molecule has 0 fully saturated rings. The minimum atomic E-state index is 0.405. The van der Waals surface area contributed by atoms with Gasteiger partial charge < -0.3 is 5.32 Å². The van der Waals surface area contributed by atoms with Crippen LogP contribution in [0.1, 0.15) is 29.7 Å². The van der Waals surface area contributed by atoms with Gasteiger partial charge in [-0.2, -0.15) is 0 Å². The van der Waals surface area contributed by atoms with E-state index in [0.29, 0.717) is 12.0 Å². The fourth-order valence-corrected chi connectivity index (χ4v) is 2.65. The van der Waals surface area contributed by atoms with E-state index in [9.17, 15) is 0 Å². The van der Waals surface area contributed by atoms with Crippen LogP contribution in [0.25, 0.3) is 0 Å². The van der Waals surface area contributed by atoms with Crippen LogP contribution in [0.15, 0.2) is 54.6 Å². The second-order valence-electron chi connectivity index (χ2n) is 5.34. The van der Waals surface area contributed by atoms with Crippen molar-refractivity contribution in [2.45, 2.75) is 26.3 Å². The molecule has 0 saturated carbocycles. The lowest BCUT2D eigenvalue weighted by Gasteiger charge is -2.24. The van der Waals surface area contributed by atoms with Gasteiger partial charge in [-0.15, -0.1) is 0 Å². The lowest BCUT2D eigenvalue weighted by molar-refractivity contribution is 0.409. The molecule has 2 rings (SSSR count). The smallest absolute Gasteiger partial charge is 0.0346 e. The topological polar surface area (TPSA) is 12.0 Å². The highest BCUT2D eigenvalue weighted by atomic mass is 14.9. The quantitative estimate of drug-likeness (QED) is 0.844. The Kier molecular flexibility index (Phi) is 4.75. The van der Waals surface area contributed by atoms with Gasteiger partial charge in [0.1, 0.15) is 0 Å². The van der Waals surface area contributed by atoms with Crippen molar-refractivity contribution in [1.82, 2.24) is 5.32 Å². The molecule has 2 aromatic carbocycles. The Hall–Kier alpha value is -1.60. The summed E-state index contributed by atoms with van der Waals surface area (Å²) in [5.41, 5.74) is 4.10. The maximum absolute atomic E-state index is 3.45. The lowest BCUT2D eigenvalue weighted by atomic mass is 9.89. The van der Waals surface area contributed by atoms with Crippen molar-refractivity contribution in [3.63, 3.8) is 0 Å². The van der Waals surface area contributed by atoms with Crippen LogP contribution in [-0.2, 0) is 6.42 Å². The summed E-state index contributed by atoms with van der Waals surface area (Å²) in [6, 6.07) is 20.0. The Labute approximate surface area is 116 Å². The molecule has 0 heterocycles. The van der Waals surface area contributed by atoms with E-state index >= 15 is 0 Å². The Morgan fingerprint density at radius 3 is 2.16 bits per heavy atom. The van der Waals surface area contributed by atoms with Crippen LogP contribution < -0.4 is 5.32 Å². The van der Waals surface area contributed by atoms with Gasteiger partial charge in [0.25, 0.3) is 0 Å². The molecular formula is C18H23N. The zero-order valence-corrected chi connectivity index (χ0v) is 12.1. The number of hydrogen-bond acceptors (Lipinski definition) is 1. The van der Waals surface area contributed by atoms with E-state index in [1.807, 2.05) is 7.05 Å². The highest BCUT2D eigenvalue weighted by molar-refractivity contribution is 5.24. The first kappa shape index (κ1) is 13.8. The maximum Gasteiger partial charge on any atom is 0.0346 e. The van der Waals surface area contributed by atoms with E-state index in [0.717, 1.165) is 6.42 Å². The van der Waals surface area contributed by atoms with Gasteiger partial charge in [0, 0.05) is 6.04 Å². The molecule has 0 radical (unpaired) electrons. The second-order valence-corrected chi connectivity index (χ2v) is 5.34. The minimum Gasteiger partial charge on any atom is -0.313 e. The lowest BCUT2D eigenvalue weighted by Crippen LogP contribution is -2.24. The van der Waals surface area contributed by atoms with Crippen molar-refractivity contribution < 1.29 is 0 Å². The van der Waals surface area contributed by atoms with Crippen molar-refractivity contribution in [3.8, 4) is 0 Å². The Balaban J connectivity index is 2.09. The van der Waals surface area contributed by atoms with E-state index < -0.39 is 0 Å². The molecule has 1 heteroatoms. The van der Waals surface area contributed by atoms with Crippen molar-refractivity contribution in [2.75, 3.05) is 7.05 Å². The van der Waals surface area contributed by atoms with Crippen LogP contribution in [-0.4, -0.2) is 7.05 Å². The molecule has 0 saturated heterocycles. The third kappa shape index (κ3) is 3.68. The van der Waals surface area contributed by atoms with Crippen molar-refractivity contribution in [2.24, 2.45) is 5.92 Å². The van der Waals surface area contributed by atoms with Gasteiger partial charge in [-0.05, 0) is 37.4 Å². The molecule has 0 aliphatic carbocycles. The van der Waals surface area contributed by atoms with Crippen LogP contribution in [0.2, 0.25) is 0 Å². The summed E-state index contributed by atoms with van der Waals surface area (Å²) in [6.45, 7) is 4.45. The average Bonchev–Trinajstić information content (AvgIpc) is 2.43. The summed E-state index contributed by atoms with van der Waals surface area (Å²) in [5.74, 6) is 0.565. The SMILES string of the molecule is CNC(c1ccccc1)C(C)Cc1ccc(C)cc1. The zero-order chi connectivity index (χ0) is 13.7. The first-order valence-electron chi connectivity index (χ1n) is 6.98. The first-order valence-corrected chi connectivity index (χ1v) is 6.98. The van der Waals surface area contributed by atoms with Crippen molar-refractivity contribution in [3.05, 3.63) is 71.3 Å². The fourth-order valence-electron chi connectivity index (χ4n) is 2.65. The summed E-state index contributed by atoms with van der Waals surface area (Å²) >= 11 is 0. The van der Waals surface area contributed by atoms with Gasteiger partial charge in [-0.1, -0.05) is 67.1 Å². The van der Waals surface area contributed by atoms with Crippen LogP contribution in [0.5, 0.6) is 0 Å². The third-order valence-electron chi connectivity index (χ3n) is 3.72. The summed E-state index contributed by atoms with van der Waals surface area (Å²) in [5, 5.41) is 3.45. The Bertz CT molecular complexity index is 487. The van der Waals surface area contributed by atoms with E-state index in [2.05, 4.69) is 73.8 Å². The molecule has 2 unspecified atom stereocenters. The van der Waals surface area contributed by atoms with Gasteiger partial charge >= 0.3 is 0 Å². The van der Waals surface area contributed by atoms with Gasteiger partial charge in [-0.3, -0.25) is 0 Å². The van der Waals surface area contributed by atoms with E-state index in [4.69, 9.17) is 0 Å². The number of nitrogens with one attached hydrogen (secondary N) is 1. The fraction of sp³-hybridized carbons (Fsp3) is 0.333. The van der Waals surface area contributed by atoms with Gasteiger partial charge in [-0.25, -0.2) is 0 Å². The molecule has 2 atom stereocenters. The molecule has 1 nitrogen and oxygen atoms in total. The molecule has 2 aromatic rings. The summed E-state index contributed by atoms with van der Waals surface area (Å²) in [4.78, 5) is 0. The minimum absolute atomic E-state index is 0.405. The van der Waals surface area contributed by atoms with Crippen molar-refractivity contribution in [1.29, 1.82) is 0 Å². The molecular weight excluding hydrogens is 230 g/mol. The van der Waals surface area contributed by atoms with Crippen LogP contribution in [0, 0.1) is 12.8 Å². The summed E-state index contributed by atoms with van der Waals surface area (Å²) in [6.07, 6.45) is 1.10. The van der Waals surface area contributed by atoms with Gasteiger partial charge in [0.05, 0.1) is 0 Å². The number of hydrogen-bond donors (Lipinski definition) is 1. The highest BCUT2D eigenvalue weighted by Gasteiger charge is 2.17. The zero-order valence-electron chi connectivity index (χ0n) is 12.1. The predicted octanol–water partition coefficient (Wildman–Crippen LogP) is 4.13. The van der Waals surface area contributed by atoms with Crippen LogP contribution in [0.4, 0.5) is 0 Å². The summed E-state index contributed by atoms with van der Waals surface area (Å²) in [7, 11) is 2.04. The molecule has 0 amide bonds. The van der Waals surface area contributed by atoms with Crippen LogP contribution >= 0.6 is 0 Å². The molecule has 0 bridgehead atoms. The summed E-state index contributed by atoms with van der Waals surface area (Å²) < 4.78 is 0. The third-order valence-corrected chi connectivity index (χ3v) is 3.72. The highest BCUT2D eigenvalue weighted by Crippen LogP contribution is 2.24. The molecule has 0 spiro atoms. The number of rotatable bonds is 5. The Morgan fingerprint density at radius 2 is 1.58 bits per heavy atom. The number of aryl methyl sites for hydroxylation is 1. The first-order chi connectivity index (χ1) is 9.20. The monoisotopic (exact) mass is 253 g/mol. The standard InChI is InChI=1S/C18H23N/c1-14-9-11-16(12-10-14)13-15(2)18(19-3)17-7-5-4-6-8-17/h4-12,15,18-19H,13H2,1-3H3. The number of benzene rings is 2. The van der Waals surface area contributed by atoms with Gasteiger partial charge in [0.15, 0.2) is 0 Å². The second kappa shape index (κ2) is 6.53. The maximum atomic E-state index is 3.45. The van der Waals surface area contributed by atoms with E-state index in [1.165, 1.54) is 16.7 Å². The Morgan fingerprint density at radius 1 is 0.947 bits per heavy atom. The van der Waals surface area contributed by atoms with Crippen molar-refractivity contribution >= 4 is 0 Å². The average molecular weight is 253 g/mol. The van der Waals surface area contributed by atoms with Gasteiger partial charge in [0.2, 0.25) is 0 Å².